The van der Waals surface area contributed by atoms with Crippen molar-refractivity contribution in [2.24, 2.45) is 5.73 Å². The minimum Gasteiger partial charge on any atom is -0.323 e. The fraction of sp³-hybridized carbons (Fsp3) is 0.308. The minimum atomic E-state index is 0.166. The van der Waals surface area contributed by atoms with Gasteiger partial charge in [0.05, 0.1) is 0 Å². The Hall–Kier alpha value is -0.710. The third kappa shape index (κ3) is 3.15. The molecule has 0 aliphatic heterocycles. The lowest BCUT2D eigenvalue weighted by atomic mass is 10.1. The van der Waals surface area contributed by atoms with Crippen molar-refractivity contribution in [1.29, 1.82) is 0 Å². The molecule has 0 saturated carbocycles. The van der Waals surface area contributed by atoms with Crippen LogP contribution in [0.1, 0.15) is 30.7 Å². The third-order valence-electron chi connectivity index (χ3n) is 2.58. The van der Waals surface area contributed by atoms with E-state index in [0.29, 0.717) is 0 Å². The van der Waals surface area contributed by atoms with Crippen LogP contribution in [-0.2, 0) is 0 Å². The number of rotatable bonds is 4. The van der Waals surface area contributed by atoms with E-state index in [1.807, 2.05) is 6.20 Å². The predicted octanol–water partition coefficient (Wildman–Crippen LogP) is 4.37. The number of hydrogen-bond donors (Lipinski definition) is 1. The Kier molecular flexibility index (Phi) is 4.31. The van der Waals surface area contributed by atoms with Crippen LogP contribution in [0.3, 0.4) is 0 Å². The van der Waals surface area contributed by atoms with Gasteiger partial charge >= 0.3 is 0 Å². The van der Waals surface area contributed by atoms with Gasteiger partial charge in [0.15, 0.2) is 0 Å². The van der Waals surface area contributed by atoms with Crippen molar-refractivity contribution in [3.63, 3.8) is 0 Å². The average Bonchev–Trinajstić information content (AvgIpc) is 2.78. The number of pyridine rings is 1. The smallest absolute Gasteiger partial charge is 0.0410 e. The van der Waals surface area contributed by atoms with Crippen LogP contribution in [0.2, 0.25) is 0 Å². The first-order valence-electron chi connectivity index (χ1n) is 5.67. The summed E-state index contributed by atoms with van der Waals surface area (Å²) in [6, 6.07) is 6.49. The Balaban J connectivity index is 2.23. The number of nitrogens with zero attached hydrogens (tertiary/aromatic N) is 1. The lowest BCUT2D eigenvalue weighted by Crippen LogP contribution is -2.07. The first-order chi connectivity index (χ1) is 8.20. The van der Waals surface area contributed by atoms with E-state index in [2.05, 4.69) is 46.0 Å². The fourth-order valence-corrected chi connectivity index (χ4v) is 3.10. The molecule has 2 nitrogen and oxygen atoms in total. The van der Waals surface area contributed by atoms with Crippen LogP contribution < -0.4 is 5.73 Å². The number of halogens is 1. The van der Waals surface area contributed by atoms with Crippen LogP contribution >= 0.6 is 27.3 Å². The van der Waals surface area contributed by atoms with Gasteiger partial charge < -0.3 is 5.73 Å². The van der Waals surface area contributed by atoms with Gasteiger partial charge in [-0.15, -0.1) is 11.3 Å². The van der Waals surface area contributed by atoms with Crippen molar-refractivity contribution in [2.45, 2.75) is 25.8 Å². The summed E-state index contributed by atoms with van der Waals surface area (Å²) < 4.78 is 1.00. The van der Waals surface area contributed by atoms with Gasteiger partial charge in [-0.3, -0.25) is 4.98 Å². The molecule has 0 spiro atoms. The molecule has 2 heterocycles. The summed E-state index contributed by atoms with van der Waals surface area (Å²) in [7, 11) is 0. The molecule has 2 rings (SSSR count). The van der Waals surface area contributed by atoms with Crippen LogP contribution in [0.5, 0.6) is 0 Å². The minimum absolute atomic E-state index is 0.166. The van der Waals surface area contributed by atoms with Gasteiger partial charge in [-0.05, 0) is 40.5 Å². The number of thiophene rings is 1. The van der Waals surface area contributed by atoms with E-state index >= 15 is 0 Å². The molecule has 17 heavy (non-hydrogen) atoms. The Labute approximate surface area is 114 Å². The highest BCUT2D eigenvalue weighted by atomic mass is 79.9. The van der Waals surface area contributed by atoms with Crippen molar-refractivity contribution < 1.29 is 0 Å². The third-order valence-corrected chi connectivity index (χ3v) is 4.28. The van der Waals surface area contributed by atoms with Gasteiger partial charge in [-0.1, -0.05) is 13.3 Å². The van der Waals surface area contributed by atoms with Crippen molar-refractivity contribution in [1.82, 2.24) is 4.98 Å². The van der Waals surface area contributed by atoms with Crippen molar-refractivity contribution in [3.05, 3.63) is 39.9 Å². The highest BCUT2D eigenvalue weighted by Gasteiger charge is 2.09. The predicted molar refractivity (Wildman–Crippen MR) is 77.1 cm³/mol. The normalized spacial score (nSPS) is 12.6. The molecule has 0 saturated heterocycles. The topological polar surface area (TPSA) is 38.9 Å². The lowest BCUT2D eigenvalue weighted by molar-refractivity contribution is 0.648. The fourth-order valence-electron chi connectivity index (χ4n) is 1.71. The van der Waals surface area contributed by atoms with E-state index in [1.54, 1.807) is 17.5 Å². The zero-order valence-electron chi connectivity index (χ0n) is 9.69. The molecule has 2 N–H and O–H groups in total. The second kappa shape index (κ2) is 5.76. The summed E-state index contributed by atoms with van der Waals surface area (Å²) >= 11 is 5.19. The van der Waals surface area contributed by atoms with Crippen LogP contribution in [-0.4, -0.2) is 4.98 Å². The van der Waals surface area contributed by atoms with Gasteiger partial charge in [0.2, 0.25) is 0 Å². The quantitative estimate of drug-likeness (QED) is 0.910. The molecule has 0 amide bonds. The molecule has 0 bridgehead atoms. The molecule has 2 aromatic rings. The molecule has 0 fully saturated rings. The van der Waals surface area contributed by atoms with E-state index in [-0.39, 0.29) is 6.04 Å². The van der Waals surface area contributed by atoms with E-state index in [9.17, 15) is 0 Å². The second-order valence-electron chi connectivity index (χ2n) is 3.99. The monoisotopic (exact) mass is 310 g/mol. The van der Waals surface area contributed by atoms with E-state index in [4.69, 9.17) is 5.73 Å². The summed E-state index contributed by atoms with van der Waals surface area (Å²) in [6.07, 6.45) is 5.83. The highest BCUT2D eigenvalue weighted by molar-refractivity contribution is 9.10. The molecule has 4 heteroatoms. The Morgan fingerprint density at radius 1 is 1.41 bits per heavy atom. The molecule has 1 atom stereocenters. The Morgan fingerprint density at radius 3 is 2.94 bits per heavy atom. The Bertz CT molecular complexity index is 496. The summed E-state index contributed by atoms with van der Waals surface area (Å²) in [4.78, 5) is 6.65. The molecule has 1 unspecified atom stereocenters. The summed E-state index contributed by atoms with van der Waals surface area (Å²) in [5, 5.41) is 0. The Morgan fingerprint density at radius 2 is 2.24 bits per heavy atom. The number of nitrogens with two attached hydrogens (primary N) is 1. The highest BCUT2D eigenvalue weighted by Crippen LogP contribution is 2.32. The van der Waals surface area contributed by atoms with Crippen LogP contribution in [0.15, 0.2) is 35.1 Å². The molecule has 0 aromatic carbocycles. The van der Waals surface area contributed by atoms with Crippen LogP contribution in [0, 0.1) is 0 Å². The zero-order valence-corrected chi connectivity index (χ0v) is 12.1. The van der Waals surface area contributed by atoms with E-state index in [0.717, 1.165) is 22.9 Å². The first kappa shape index (κ1) is 12.7. The molecule has 2 aromatic heterocycles. The van der Waals surface area contributed by atoms with E-state index in [1.165, 1.54) is 9.75 Å². The van der Waals surface area contributed by atoms with Crippen molar-refractivity contribution in [2.75, 3.05) is 0 Å². The van der Waals surface area contributed by atoms with Crippen molar-refractivity contribution >= 4 is 27.3 Å². The lowest BCUT2D eigenvalue weighted by Gasteiger charge is -2.06. The van der Waals surface area contributed by atoms with Gasteiger partial charge in [0, 0.05) is 38.2 Å². The summed E-state index contributed by atoms with van der Waals surface area (Å²) in [6.45, 7) is 2.16. The molecular weight excluding hydrogens is 296 g/mol. The molecule has 90 valence electrons. The van der Waals surface area contributed by atoms with Gasteiger partial charge in [-0.25, -0.2) is 0 Å². The number of aromatic nitrogens is 1. The molecule has 0 aliphatic carbocycles. The maximum Gasteiger partial charge on any atom is 0.0410 e. The zero-order chi connectivity index (χ0) is 12.3. The maximum atomic E-state index is 6.11. The van der Waals surface area contributed by atoms with Gasteiger partial charge in [0.1, 0.15) is 0 Å². The van der Waals surface area contributed by atoms with Crippen molar-refractivity contribution in [3.8, 4) is 10.4 Å². The molecule has 0 aliphatic rings. The molecule has 0 radical (unpaired) electrons. The standard InChI is InChI=1S/C13H15BrN2S/c1-2-3-11(15)13-5-4-12(17-13)9-6-10(14)8-16-7-9/h4-8,11H,2-3,15H2,1H3. The van der Waals surface area contributed by atoms with Gasteiger partial charge in [-0.2, -0.15) is 0 Å². The average molecular weight is 311 g/mol. The summed E-state index contributed by atoms with van der Waals surface area (Å²) in [5.74, 6) is 0. The summed E-state index contributed by atoms with van der Waals surface area (Å²) in [5.41, 5.74) is 7.25. The maximum absolute atomic E-state index is 6.11. The van der Waals surface area contributed by atoms with Gasteiger partial charge in [0.25, 0.3) is 0 Å². The second-order valence-corrected chi connectivity index (χ2v) is 6.02. The molecular formula is C13H15BrN2S. The largest absolute Gasteiger partial charge is 0.323 e. The van der Waals surface area contributed by atoms with Crippen LogP contribution in [0.4, 0.5) is 0 Å². The number of hydrogen-bond acceptors (Lipinski definition) is 3. The SMILES string of the molecule is CCCC(N)c1ccc(-c2cncc(Br)c2)s1. The first-order valence-corrected chi connectivity index (χ1v) is 7.28. The van der Waals surface area contributed by atoms with Crippen LogP contribution in [0.25, 0.3) is 10.4 Å². The van der Waals surface area contributed by atoms with E-state index < -0.39 is 0 Å².